The molecular formula is C13H22F3N3O. The SMILES string of the molecule is NC1CCC(C(=O)N2CCCN(CC(F)(F)F)CC2)C1. The smallest absolute Gasteiger partial charge is 0.341 e. The van der Waals surface area contributed by atoms with Gasteiger partial charge in [-0.05, 0) is 25.7 Å². The Kier molecular flexibility index (Phi) is 4.90. The summed E-state index contributed by atoms with van der Waals surface area (Å²) in [6, 6.07) is 0.0951. The molecule has 1 aliphatic heterocycles. The van der Waals surface area contributed by atoms with Gasteiger partial charge in [0.1, 0.15) is 0 Å². The van der Waals surface area contributed by atoms with Gasteiger partial charge in [-0.2, -0.15) is 13.2 Å². The number of halogens is 3. The Balaban J connectivity index is 1.84. The van der Waals surface area contributed by atoms with Gasteiger partial charge in [-0.25, -0.2) is 0 Å². The normalized spacial score (nSPS) is 29.5. The van der Waals surface area contributed by atoms with Crippen LogP contribution in [-0.2, 0) is 4.79 Å². The predicted octanol–water partition coefficient (Wildman–Crippen LogP) is 1.21. The van der Waals surface area contributed by atoms with Crippen LogP contribution in [0.2, 0.25) is 0 Å². The van der Waals surface area contributed by atoms with Crippen LogP contribution in [0, 0.1) is 5.92 Å². The molecule has 116 valence electrons. The van der Waals surface area contributed by atoms with E-state index >= 15 is 0 Å². The van der Waals surface area contributed by atoms with Gasteiger partial charge in [0.05, 0.1) is 6.54 Å². The van der Waals surface area contributed by atoms with Crippen molar-refractivity contribution < 1.29 is 18.0 Å². The van der Waals surface area contributed by atoms with E-state index < -0.39 is 12.7 Å². The Morgan fingerprint density at radius 3 is 2.50 bits per heavy atom. The summed E-state index contributed by atoms with van der Waals surface area (Å²) in [5.41, 5.74) is 5.81. The number of carbonyl (C=O) groups is 1. The van der Waals surface area contributed by atoms with E-state index in [0.29, 0.717) is 39.0 Å². The number of alkyl halides is 3. The van der Waals surface area contributed by atoms with Crippen LogP contribution in [0.25, 0.3) is 0 Å². The maximum absolute atomic E-state index is 12.4. The first-order chi connectivity index (χ1) is 9.35. The molecule has 0 aromatic carbocycles. The Morgan fingerprint density at radius 2 is 1.90 bits per heavy atom. The third-order valence-corrected chi connectivity index (χ3v) is 4.13. The van der Waals surface area contributed by atoms with Crippen LogP contribution >= 0.6 is 0 Å². The van der Waals surface area contributed by atoms with Gasteiger partial charge < -0.3 is 10.6 Å². The lowest BCUT2D eigenvalue weighted by Crippen LogP contribution is -2.40. The molecule has 0 radical (unpaired) electrons. The zero-order valence-electron chi connectivity index (χ0n) is 11.5. The van der Waals surface area contributed by atoms with Gasteiger partial charge >= 0.3 is 6.18 Å². The molecule has 2 atom stereocenters. The Hall–Kier alpha value is -0.820. The number of carbonyl (C=O) groups excluding carboxylic acids is 1. The number of nitrogens with two attached hydrogens (primary N) is 1. The highest BCUT2D eigenvalue weighted by Crippen LogP contribution is 2.26. The van der Waals surface area contributed by atoms with E-state index in [0.717, 1.165) is 12.8 Å². The zero-order chi connectivity index (χ0) is 14.8. The molecule has 2 N–H and O–H groups in total. The Bertz CT molecular complexity index is 348. The summed E-state index contributed by atoms with van der Waals surface area (Å²) in [4.78, 5) is 15.4. The molecule has 2 rings (SSSR count). The first kappa shape index (κ1) is 15.6. The highest BCUT2D eigenvalue weighted by molar-refractivity contribution is 5.79. The predicted molar refractivity (Wildman–Crippen MR) is 69.0 cm³/mol. The van der Waals surface area contributed by atoms with Crippen molar-refractivity contribution in [3.05, 3.63) is 0 Å². The average molecular weight is 293 g/mol. The van der Waals surface area contributed by atoms with Gasteiger partial charge in [0.15, 0.2) is 0 Å². The summed E-state index contributed by atoms with van der Waals surface area (Å²) in [5, 5.41) is 0. The maximum atomic E-state index is 12.4. The van der Waals surface area contributed by atoms with Crippen LogP contribution in [0.1, 0.15) is 25.7 Å². The fourth-order valence-corrected chi connectivity index (χ4v) is 3.10. The van der Waals surface area contributed by atoms with Crippen LogP contribution in [0.15, 0.2) is 0 Å². The molecule has 1 saturated heterocycles. The van der Waals surface area contributed by atoms with E-state index in [-0.39, 0.29) is 17.9 Å². The number of amides is 1. The van der Waals surface area contributed by atoms with Crippen molar-refractivity contribution in [1.82, 2.24) is 9.80 Å². The quantitative estimate of drug-likeness (QED) is 0.832. The number of rotatable bonds is 2. The molecule has 1 aliphatic carbocycles. The third-order valence-electron chi connectivity index (χ3n) is 4.13. The Morgan fingerprint density at radius 1 is 1.15 bits per heavy atom. The van der Waals surface area contributed by atoms with Crippen molar-refractivity contribution in [2.75, 3.05) is 32.7 Å². The second-order valence-electron chi connectivity index (χ2n) is 5.84. The van der Waals surface area contributed by atoms with E-state index in [2.05, 4.69) is 0 Å². The molecule has 2 aliphatic rings. The molecule has 0 spiro atoms. The third kappa shape index (κ3) is 4.34. The topological polar surface area (TPSA) is 49.6 Å². The highest BCUT2D eigenvalue weighted by Gasteiger charge is 2.34. The molecule has 4 nitrogen and oxygen atoms in total. The second kappa shape index (κ2) is 6.30. The minimum absolute atomic E-state index is 0.0285. The minimum Gasteiger partial charge on any atom is -0.341 e. The van der Waals surface area contributed by atoms with Gasteiger partial charge in [-0.1, -0.05) is 0 Å². The molecule has 1 heterocycles. The molecule has 20 heavy (non-hydrogen) atoms. The van der Waals surface area contributed by atoms with E-state index in [1.54, 1.807) is 4.90 Å². The molecule has 1 amide bonds. The molecule has 2 fully saturated rings. The number of hydrogen-bond donors (Lipinski definition) is 1. The van der Waals surface area contributed by atoms with Gasteiger partial charge in [-0.15, -0.1) is 0 Å². The average Bonchev–Trinajstić information content (AvgIpc) is 2.64. The summed E-state index contributed by atoms with van der Waals surface area (Å²) in [5.74, 6) is 0.0472. The lowest BCUT2D eigenvalue weighted by atomic mass is 10.1. The standard InChI is InChI=1S/C13H22F3N3O/c14-13(15,16)9-18-4-1-5-19(7-6-18)12(20)10-2-3-11(17)8-10/h10-11H,1-9,17H2. The lowest BCUT2D eigenvalue weighted by molar-refractivity contribution is -0.145. The van der Waals surface area contributed by atoms with Crippen LogP contribution in [0.4, 0.5) is 13.2 Å². The number of hydrogen-bond acceptors (Lipinski definition) is 3. The van der Waals surface area contributed by atoms with Gasteiger partial charge in [0.25, 0.3) is 0 Å². The fourth-order valence-electron chi connectivity index (χ4n) is 3.10. The van der Waals surface area contributed by atoms with Crippen LogP contribution in [0.5, 0.6) is 0 Å². The van der Waals surface area contributed by atoms with E-state index in [1.165, 1.54) is 4.90 Å². The summed E-state index contributed by atoms with van der Waals surface area (Å²) in [6.07, 6.45) is -1.19. The highest BCUT2D eigenvalue weighted by atomic mass is 19.4. The van der Waals surface area contributed by atoms with Crippen molar-refractivity contribution in [1.29, 1.82) is 0 Å². The first-order valence-electron chi connectivity index (χ1n) is 7.18. The van der Waals surface area contributed by atoms with Gasteiger partial charge in [0.2, 0.25) is 5.91 Å². The van der Waals surface area contributed by atoms with Gasteiger partial charge in [-0.3, -0.25) is 9.69 Å². The van der Waals surface area contributed by atoms with E-state index in [9.17, 15) is 18.0 Å². The van der Waals surface area contributed by atoms with Crippen LogP contribution < -0.4 is 5.73 Å². The first-order valence-corrected chi connectivity index (χ1v) is 7.18. The second-order valence-corrected chi connectivity index (χ2v) is 5.84. The van der Waals surface area contributed by atoms with E-state index in [1.807, 2.05) is 0 Å². The molecule has 0 aromatic heterocycles. The Labute approximate surface area is 117 Å². The minimum atomic E-state index is -4.17. The maximum Gasteiger partial charge on any atom is 0.401 e. The summed E-state index contributed by atoms with van der Waals surface area (Å²) in [6.45, 7) is 0.750. The largest absolute Gasteiger partial charge is 0.401 e. The van der Waals surface area contributed by atoms with Crippen molar-refractivity contribution in [3.8, 4) is 0 Å². The molecular weight excluding hydrogens is 271 g/mol. The van der Waals surface area contributed by atoms with Crippen molar-refractivity contribution >= 4 is 5.91 Å². The van der Waals surface area contributed by atoms with Crippen LogP contribution in [-0.4, -0.2) is 60.6 Å². The summed E-state index contributed by atoms with van der Waals surface area (Å²) >= 11 is 0. The fraction of sp³-hybridized carbons (Fsp3) is 0.923. The lowest BCUT2D eigenvalue weighted by Gasteiger charge is -2.25. The number of nitrogens with zero attached hydrogens (tertiary/aromatic N) is 2. The molecule has 0 bridgehead atoms. The monoisotopic (exact) mass is 293 g/mol. The molecule has 1 saturated carbocycles. The summed E-state index contributed by atoms with van der Waals surface area (Å²) in [7, 11) is 0. The van der Waals surface area contributed by atoms with Crippen LogP contribution in [0.3, 0.4) is 0 Å². The van der Waals surface area contributed by atoms with Crippen molar-refractivity contribution in [2.45, 2.75) is 37.9 Å². The summed E-state index contributed by atoms with van der Waals surface area (Å²) < 4.78 is 37.1. The van der Waals surface area contributed by atoms with E-state index in [4.69, 9.17) is 5.73 Å². The van der Waals surface area contributed by atoms with Crippen molar-refractivity contribution in [3.63, 3.8) is 0 Å². The van der Waals surface area contributed by atoms with Gasteiger partial charge in [0, 0.05) is 38.1 Å². The molecule has 0 aromatic rings. The zero-order valence-corrected chi connectivity index (χ0v) is 11.5. The van der Waals surface area contributed by atoms with Crippen molar-refractivity contribution in [2.24, 2.45) is 11.7 Å². The molecule has 2 unspecified atom stereocenters. The molecule has 7 heteroatoms.